The lowest BCUT2D eigenvalue weighted by atomic mass is 9.92. The molecule has 0 amide bonds. The van der Waals surface area contributed by atoms with E-state index in [9.17, 15) is 9.59 Å². The van der Waals surface area contributed by atoms with Crippen molar-refractivity contribution in [3.63, 3.8) is 0 Å². The molecule has 0 bridgehead atoms. The number of hydrogen-bond acceptors (Lipinski definition) is 4. The van der Waals surface area contributed by atoms with Gasteiger partial charge in [-0.05, 0) is 26.7 Å². The van der Waals surface area contributed by atoms with E-state index in [-0.39, 0.29) is 11.6 Å². The van der Waals surface area contributed by atoms with Crippen molar-refractivity contribution in [2.75, 3.05) is 13.1 Å². The SMILES string of the molecule is CCCNC1=C(C)C(=O)C(NCCC)=C(C)C1=O. The maximum absolute atomic E-state index is 12.2. The topological polar surface area (TPSA) is 58.2 Å². The molecule has 0 saturated carbocycles. The molecule has 0 aromatic carbocycles. The minimum absolute atomic E-state index is 0.0702. The average molecular weight is 250 g/mol. The second-order valence-electron chi connectivity index (χ2n) is 4.51. The summed E-state index contributed by atoms with van der Waals surface area (Å²) >= 11 is 0. The van der Waals surface area contributed by atoms with Crippen molar-refractivity contribution in [1.29, 1.82) is 0 Å². The van der Waals surface area contributed by atoms with Gasteiger partial charge in [0, 0.05) is 24.2 Å². The number of nitrogens with one attached hydrogen (secondary N) is 2. The number of ketones is 2. The number of rotatable bonds is 6. The van der Waals surface area contributed by atoms with E-state index in [4.69, 9.17) is 0 Å². The van der Waals surface area contributed by atoms with Crippen molar-refractivity contribution in [3.05, 3.63) is 22.5 Å². The van der Waals surface area contributed by atoms with Gasteiger partial charge < -0.3 is 10.6 Å². The van der Waals surface area contributed by atoms with Gasteiger partial charge in [-0.3, -0.25) is 9.59 Å². The molecule has 2 N–H and O–H groups in total. The number of carbonyl (C=O) groups excluding carboxylic acids is 2. The molecule has 0 fully saturated rings. The van der Waals surface area contributed by atoms with Crippen LogP contribution in [0.4, 0.5) is 0 Å². The third-order valence-electron chi connectivity index (χ3n) is 2.99. The second kappa shape index (κ2) is 6.38. The van der Waals surface area contributed by atoms with E-state index >= 15 is 0 Å². The summed E-state index contributed by atoms with van der Waals surface area (Å²) in [5.74, 6) is -0.140. The van der Waals surface area contributed by atoms with E-state index < -0.39 is 0 Å². The van der Waals surface area contributed by atoms with Crippen LogP contribution >= 0.6 is 0 Å². The fraction of sp³-hybridized carbons (Fsp3) is 0.571. The maximum atomic E-state index is 12.2. The third-order valence-corrected chi connectivity index (χ3v) is 2.99. The quantitative estimate of drug-likeness (QED) is 0.704. The first-order valence-electron chi connectivity index (χ1n) is 6.53. The lowest BCUT2D eigenvalue weighted by Crippen LogP contribution is -2.35. The summed E-state index contributed by atoms with van der Waals surface area (Å²) in [6.07, 6.45) is 1.84. The van der Waals surface area contributed by atoms with Gasteiger partial charge in [0.2, 0.25) is 11.6 Å². The highest BCUT2D eigenvalue weighted by atomic mass is 16.1. The molecule has 1 aliphatic rings. The van der Waals surface area contributed by atoms with Gasteiger partial charge in [-0.25, -0.2) is 0 Å². The Kier molecular flexibility index (Phi) is 5.13. The first kappa shape index (κ1) is 14.5. The molecule has 4 heteroatoms. The summed E-state index contributed by atoms with van der Waals surface area (Å²) < 4.78 is 0. The molecule has 100 valence electrons. The highest BCUT2D eigenvalue weighted by Crippen LogP contribution is 2.21. The maximum Gasteiger partial charge on any atom is 0.207 e. The molecule has 0 atom stereocenters. The van der Waals surface area contributed by atoms with Crippen molar-refractivity contribution in [2.24, 2.45) is 0 Å². The standard InChI is InChI=1S/C14H22N2O2/c1-5-7-15-11-9(3)14(18)12(16-8-6-2)10(4)13(11)17/h15-16H,5-8H2,1-4H3. The van der Waals surface area contributed by atoms with Crippen LogP contribution in [0.2, 0.25) is 0 Å². The van der Waals surface area contributed by atoms with Crippen LogP contribution in [0.25, 0.3) is 0 Å². The van der Waals surface area contributed by atoms with Crippen LogP contribution in [0.15, 0.2) is 22.5 Å². The lowest BCUT2D eigenvalue weighted by molar-refractivity contribution is -0.117. The molecule has 4 nitrogen and oxygen atoms in total. The first-order chi connectivity index (χ1) is 8.54. The van der Waals surface area contributed by atoms with Crippen molar-refractivity contribution in [3.8, 4) is 0 Å². The molecule has 0 aromatic heterocycles. The zero-order chi connectivity index (χ0) is 13.7. The van der Waals surface area contributed by atoms with Gasteiger partial charge in [0.25, 0.3) is 0 Å². The predicted molar refractivity (Wildman–Crippen MR) is 72.0 cm³/mol. The average Bonchev–Trinajstić information content (AvgIpc) is 2.37. The Morgan fingerprint density at radius 3 is 1.39 bits per heavy atom. The molecular formula is C14H22N2O2. The zero-order valence-corrected chi connectivity index (χ0v) is 11.6. The minimum atomic E-state index is -0.0702. The highest BCUT2D eigenvalue weighted by molar-refractivity contribution is 6.24. The minimum Gasteiger partial charge on any atom is -0.382 e. The van der Waals surface area contributed by atoms with Gasteiger partial charge in [-0.2, -0.15) is 0 Å². The van der Waals surface area contributed by atoms with Crippen LogP contribution in [0.1, 0.15) is 40.5 Å². The number of hydrogen-bond donors (Lipinski definition) is 2. The van der Waals surface area contributed by atoms with Crippen LogP contribution in [-0.4, -0.2) is 24.7 Å². The number of Topliss-reactive ketones (excluding diaryl/α,β-unsaturated/α-hetero) is 2. The smallest absolute Gasteiger partial charge is 0.207 e. The molecule has 0 radical (unpaired) electrons. The van der Waals surface area contributed by atoms with E-state index in [1.807, 2.05) is 13.8 Å². The predicted octanol–water partition coefficient (Wildman–Crippen LogP) is 1.69. The van der Waals surface area contributed by atoms with Crippen molar-refractivity contribution >= 4 is 11.6 Å². The normalized spacial score (nSPS) is 16.4. The highest BCUT2D eigenvalue weighted by Gasteiger charge is 2.29. The summed E-state index contributed by atoms with van der Waals surface area (Å²) in [7, 11) is 0. The Morgan fingerprint density at radius 1 is 0.778 bits per heavy atom. The van der Waals surface area contributed by atoms with E-state index in [1.54, 1.807) is 13.8 Å². The fourth-order valence-electron chi connectivity index (χ4n) is 1.87. The van der Waals surface area contributed by atoms with E-state index in [1.165, 1.54) is 0 Å². The van der Waals surface area contributed by atoms with Gasteiger partial charge in [0.1, 0.15) is 0 Å². The van der Waals surface area contributed by atoms with Crippen LogP contribution in [0.5, 0.6) is 0 Å². The summed E-state index contributed by atoms with van der Waals surface area (Å²) in [5, 5.41) is 6.11. The van der Waals surface area contributed by atoms with Crippen molar-refractivity contribution < 1.29 is 9.59 Å². The third kappa shape index (κ3) is 2.81. The summed E-state index contributed by atoms with van der Waals surface area (Å²) in [5.41, 5.74) is 1.94. The Bertz CT molecular complexity index is 380. The molecule has 0 aromatic rings. The molecule has 0 unspecified atom stereocenters. The van der Waals surface area contributed by atoms with Crippen molar-refractivity contribution in [1.82, 2.24) is 10.6 Å². The van der Waals surface area contributed by atoms with E-state index in [0.29, 0.717) is 35.6 Å². The summed E-state index contributed by atoms with van der Waals surface area (Å²) in [4.78, 5) is 24.4. The van der Waals surface area contributed by atoms with Gasteiger partial charge in [0.15, 0.2) is 0 Å². The lowest BCUT2D eigenvalue weighted by Gasteiger charge is -2.22. The van der Waals surface area contributed by atoms with Gasteiger partial charge in [-0.1, -0.05) is 13.8 Å². The Morgan fingerprint density at radius 2 is 1.11 bits per heavy atom. The van der Waals surface area contributed by atoms with Crippen LogP contribution < -0.4 is 10.6 Å². The van der Waals surface area contributed by atoms with E-state index in [2.05, 4.69) is 10.6 Å². The first-order valence-corrected chi connectivity index (χ1v) is 6.53. The second-order valence-corrected chi connectivity index (χ2v) is 4.51. The number of allylic oxidation sites excluding steroid dienone is 2. The van der Waals surface area contributed by atoms with Gasteiger partial charge in [-0.15, -0.1) is 0 Å². The molecule has 1 rings (SSSR count). The van der Waals surface area contributed by atoms with E-state index in [0.717, 1.165) is 12.8 Å². The molecule has 18 heavy (non-hydrogen) atoms. The molecule has 1 aliphatic carbocycles. The van der Waals surface area contributed by atoms with Gasteiger partial charge >= 0.3 is 0 Å². The molecule has 0 heterocycles. The van der Waals surface area contributed by atoms with Crippen LogP contribution in [0, 0.1) is 0 Å². The Hall–Kier alpha value is -1.58. The zero-order valence-electron chi connectivity index (χ0n) is 11.6. The Balaban J connectivity index is 2.99. The van der Waals surface area contributed by atoms with Crippen LogP contribution in [-0.2, 0) is 9.59 Å². The molecule has 0 spiro atoms. The fourth-order valence-corrected chi connectivity index (χ4v) is 1.87. The molecular weight excluding hydrogens is 228 g/mol. The summed E-state index contributed by atoms with van der Waals surface area (Å²) in [6, 6.07) is 0. The summed E-state index contributed by atoms with van der Waals surface area (Å²) in [6.45, 7) is 8.87. The van der Waals surface area contributed by atoms with Crippen molar-refractivity contribution in [2.45, 2.75) is 40.5 Å². The monoisotopic (exact) mass is 250 g/mol. The largest absolute Gasteiger partial charge is 0.382 e. The van der Waals surface area contributed by atoms with Gasteiger partial charge in [0.05, 0.1) is 11.4 Å². The number of carbonyl (C=O) groups is 2. The Labute approximate surface area is 109 Å². The van der Waals surface area contributed by atoms with Crippen LogP contribution in [0.3, 0.4) is 0 Å². The molecule has 0 saturated heterocycles. The molecule has 0 aliphatic heterocycles.